The van der Waals surface area contributed by atoms with Gasteiger partial charge in [0.1, 0.15) is 6.23 Å². The maximum Gasteiger partial charge on any atom is 0.309 e. The molecule has 2 N–H and O–H groups in total. The quantitative estimate of drug-likeness (QED) is 0.405. The third kappa shape index (κ3) is 5.90. The summed E-state index contributed by atoms with van der Waals surface area (Å²) in [7, 11) is -3.84. The van der Waals surface area contributed by atoms with Gasteiger partial charge in [0.2, 0.25) is 15.9 Å². The second-order valence-electron chi connectivity index (χ2n) is 8.47. The van der Waals surface area contributed by atoms with Crippen molar-refractivity contribution in [3.8, 4) is 0 Å². The molecule has 2 heterocycles. The van der Waals surface area contributed by atoms with E-state index in [4.69, 9.17) is 4.74 Å². The Morgan fingerprint density at radius 2 is 1.76 bits per heavy atom. The summed E-state index contributed by atoms with van der Waals surface area (Å²) in [6, 6.07) is 3.63. The first-order valence-corrected chi connectivity index (χ1v) is 12.6. The minimum Gasteiger partial charge on any atom is -0.359 e. The lowest BCUT2D eigenvalue weighted by Gasteiger charge is -2.24. The lowest BCUT2D eigenvalue weighted by molar-refractivity contribution is -0.139. The van der Waals surface area contributed by atoms with Gasteiger partial charge in [0, 0.05) is 32.6 Å². The molecule has 0 spiro atoms. The molecule has 0 radical (unpaired) electrons. The van der Waals surface area contributed by atoms with Crippen molar-refractivity contribution in [3.63, 3.8) is 0 Å². The summed E-state index contributed by atoms with van der Waals surface area (Å²) in [5.74, 6) is -1.55. The Kier molecular flexibility index (Phi) is 8.09. The van der Waals surface area contributed by atoms with Gasteiger partial charge in [-0.3, -0.25) is 14.4 Å². The van der Waals surface area contributed by atoms with Crippen molar-refractivity contribution < 1.29 is 27.5 Å². The van der Waals surface area contributed by atoms with Crippen LogP contribution in [0.2, 0.25) is 0 Å². The Hall–Kier alpha value is -2.50. The number of nitrogens with zero attached hydrogens (tertiary/aromatic N) is 2. The molecule has 11 heteroatoms. The number of hydrogen-bond donors (Lipinski definition) is 2. The number of rotatable bonds is 8. The number of sulfonamides is 1. The number of benzene rings is 1. The SMILES string of the molecule is Cc1cc(C)c(S(=O)(=O)N2CCO[C@@H]2CNC(=O)C(=O)NCCCN2CCCC2=O)c(C)c1. The maximum absolute atomic E-state index is 13.3. The standard InChI is InChI=1S/C22H32N4O6S/c1-15-12-16(2)20(17(3)13-15)33(30,31)26-10-11-32-19(26)14-24-22(29)21(28)23-7-5-9-25-8-4-6-18(25)27/h12-13,19H,4-11,14H2,1-3H3,(H,23,28)(H,24,29)/t19-/m1/s1. The van der Waals surface area contributed by atoms with Crippen LogP contribution in [0.5, 0.6) is 0 Å². The number of amides is 3. The summed E-state index contributed by atoms with van der Waals surface area (Å²) in [6.45, 7) is 7.18. The van der Waals surface area contributed by atoms with Gasteiger partial charge >= 0.3 is 11.8 Å². The Bertz CT molecular complexity index is 1000. The predicted octanol–water partition coefficient (Wildman–Crippen LogP) is 0.204. The van der Waals surface area contributed by atoms with Gasteiger partial charge in [-0.15, -0.1) is 0 Å². The summed E-state index contributed by atoms with van der Waals surface area (Å²) in [5, 5.41) is 4.98. The highest BCUT2D eigenvalue weighted by atomic mass is 32.2. The van der Waals surface area contributed by atoms with Crippen molar-refractivity contribution in [2.24, 2.45) is 0 Å². The fraction of sp³-hybridized carbons (Fsp3) is 0.591. The van der Waals surface area contributed by atoms with Crippen LogP contribution in [0.25, 0.3) is 0 Å². The number of nitrogens with one attached hydrogen (secondary N) is 2. The molecule has 2 saturated heterocycles. The highest BCUT2D eigenvalue weighted by Gasteiger charge is 2.38. The molecule has 2 aliphatic heterocycles. The Morgan fingerprint density at radius 3 is 2.39 bits per heavy atom. The van der Waals surface area contributed by atoms with E-state index in [1.54, 1.807) is 18.7 Å². The largest absolute Gasteiger partial charge is 0.359 e. The highest BCUT2D eigenvalue weighted by Crippen LogP contribution is 2.28. The molecule has 0 aliphatic carbocycles. The molecule has 0 saturated carbocycles. The lowest BCUT2D eigenvalue weighted by atomic mass is 10.1. The van der Waals surface area contributed by atoms with E-state index in [2.05, 4.69) is 10.6 Å². The molecular formula is C22H32N4O6S. The molecule has 3 rings (SSSR count). The second kappa shape index (κ2) is 10.6. The van der Waals surface area contributed by atoms with Crippen LogP contribution in [0.4, 0.5) is 0 Å². The summed E-state index contributed by atoms with van der Waals surface area (Å²) in [6.07, 6.45) is 1.08. The zero-order valence-corrected chi connectivity index (χ0v) is 20.2. The number of carbonyl (C=O) groups excluding carboxylic acids is 3. The van der Waals surface area contributed by atoms with Gasteiger partial charge in [0.15, 0.2) is 0 Å². The summed E-state index contributed by atoms with van der Waals surface area (Å²) in [5.41, 5.74) is 2.28. The van der Waals surface area contributed by atoms with Crippen molar-refractivity contribution in [3.05, 3.63) is 28.8 Å². The molecule has 2 fully saturated rings. The van der Waals surface area contributed by atoms with E-state index >= 15 is 0 Å². The molecule has 3 amide bonds. The van der Waals surface area contributed by atoms with Crippen molar-refractivity contribution in [1.29, 1.82) is 0 Å². The number of carbonyl (C=O) groups is 3. The molecule has 1 atom stereocenters. The zero-order valence-electron chi connectivity index (χ0n) is 19.3. The summed E-state index contributed by atoms with van der Waals surface area (Å²) in [4.78, 5) is 37.8. The fourth-order valence-electron chi connectivity index (χ4n) is 4.39. The van der Waals surface area contributed by atoms with Crippen molar-refractivity contribution in [1.82, 2.24) is 19.8 Å². The molecule has 0 bridgehead atoms. The summed E-state index contributed by atoms with van der Waals surface area (Å²) < 4.78 is 33.4. The van der Waals surface area contributed by atoms with Crippen molar-refractivity contribution in [2.45, 2.75) is 51.2 Å². The Morgan fingerprint density at radius 1 is 1.09 bits per heavy atom. The van der Waals surface area contributed by atoms with Gasteiger partial charge in [-0.25, -0.2) is 8.42 Å². The monoisotopic (exact) mass is 480 g/mol. The molecule has 0 aromatic heterocycles. The molecule has 1 aromatic rings. The zero-order chi connectivity index (χ0) is 24.2. The normalized spacial score (nSPS) is 19.2. The number of hydrogen-bond acceptors (Lipinski definition) is 6. The van der Waals surface area contributed by atoms with E-state index < -0.39 is 28.1 Å². The van der Waals surface area contributed by atoms with Crippen molar-refractivity contribution >= 4 is 27.7 Å². The fourth-order valence-corrected chi connectivity index (χ4v) is 6.31. The van der Waals surface area contributed by atoms with Crippen LogP contribution in [0.1, 0.15) is 36.0 Å². The first kappa shape index (κ1) is 25.1. The molecule has 2 aliphatic rings. The molecule has 182 valence electrons. The number of likely N-dealkylation sites (tertiary alicyclic amines) is 1. The average molecular weight is 481 g/mol. The van der Waals surface area contributed by atoms with Gasteiger partial charge in [0.05, 0.1) is 18.0 Å². The third-order valence-electron chi connectivity index (χ3n) is 5.82. The molecule has 10 nitrogen and oxygen atoms in total. The molecule has 33 heavy (non-hydrogen) atoms. The van der Waals surface area contributed by atoms with Crippen LogP contribution >= 0.6 is 0 Å². The Labute approximate surface area is 194 Å². The summed E-state index contributed by atoms with van der Waals surface area (Å²) >= 11 is 0. The van der Waals surface area contributed by atoms with Gasteiger partial charge < -0.3 is 20.3 Å². The highest BCUT2D eigenvalue weighted by molar-refractivity contribution is 7.89. The van der Waals surface area contributed by atoms with Gasteiger partial charge in [-0.05, 0) is 44.7 Å². The van der Waals surface area contributed by atoms with Crippen molar-refractivity contribution in [2.75, 3.05) is 39.3 Å². The predicted molar refractivity (Wildman–Crippen MR) is 121 cm³/mol. The van der Waals surface area contributed by atoms with Crippen LogP contribution in [0.3, 0.4) is 0 Å². The van der Waals surface area contributed by atoms with E-state index in [9.17, 15) is 22.8 Å². The molecular weight excluding hydrogens is 448 g/mol. The number of ether oxygens (including phenoxy) is 1. The van der Waals surface area contributed by atoms with Crippen LogP contribution < -0.4 is 10.6 Å². The van der Waals surface area contributed by atoms with Crippen LogP contribution in [0, 0.1) is 20.8 Å². The molecule has 0 unspecified atom stereocenters. The van der Waals surface area contributed by atoms with Crippen LogP contribution in [0.15, 0.2) is 17.0 Å². The van der Waals surface area contributed by atoms with Crippen LogP contribution in [-0.2, 0) is 29.1 Å². The maximum atomic E-state index is 13.3. The average Bonchev–Trinajstić information content (AvgIpc) is 3.37. The van der Waals surface area contributed by atoms with Crippen LogP contribution in [-0.4, -0.2) is 80.9 Å². The van der Waals surface area contributed by atoms with Gasteiger partial charge in [0.25, 0.3) is 0 Å². The smallest absolute Gasteiger partial charge is 0.309 e. The second-order valence-corrected chi connectivity index (χ2v) is 10.3. The third-order valence-corrected chi connectivity index (χ3v) is 8.01. The topological polar surface area (TPSA) is 125 Å². The van der Waals surface area contributed by atoms with Gasteiger partial charge in [-0.1, -0.05) is 17.7 Å². The van der Waals surface area contributed by atoms with E-state index in [-0.39, 0.29) is 37.0 Å². The lowest BCUT2D eigenvalue weighted by Crippen LogP contribution is -2.47. The van der Waals surface area contributed by atoms with E-state index in [0.29, 0.717) is 30.5 Å². The molecule has 1 aromatic carbocycles. The minimum atomic E-state index is -3.84. The van der Waals surface area contributed by atoms with E-state index in [1.165, 1.54) is 4.31 Å². The van der Waals surface area contributed by atoms with E-state index in [0.717, 1.165) is 18.5 Å². The number of aryl methyl sites for hydroxylation is 3. The first-order valence-electron chi connectivity index (χ1n) is 11.2. The van der Waals surface area contributed by atoms with E-state index in [1.807, 2.05) is 19.1 Å². The first-order chi connectivity index (χ1) is 15.6. The van der Waals surface area contributed by atoms with Gasteiger partial charge in [-0.2, -0.15) is 4.31 Å². The minimum absolute atomic E-state index is 0.117. The Balaban J connectivity index is 1.51.